The molecule has 0 aliphatic carbocycles. The third kappa shape index (κ3) is 3.72. The number of likely N-dealkylation sites (tertiary alicyclic amines) is 1. The van der Waals surface area contributed by atoms with Crippen LogP contribution in [-0.4, -0.2) is 29.9 Å². The lowest BCUT2D eigenvalue weighted by molar-refractivity contribution is -0.137. The summed E-state index contributed by atoms with van der Waals surface area (Å²) in [4.78, 5) is 13.0. The van der Waals surface area contributed by atoms with Gasteiger partial charge in [-0.3, -0.25) is 4.79 Å². The molecule has 1 aromatic carbocycles. The number of carbonyl (C=O) groups is 1. The molecule has 1 aliphatic rings. The SMILES string of the molecule is CC(=O)N1CCC(NCc2ccc(C(F)(F)F)cc2)C1. The molecule has 20 heavy (non-hydrogen) atoms. The van der Waals surface area contributed by atoms with E-state index in [4.69, 9.17) is 0 Å². The maximum atomic E-state index is 12.4. The first-order valence-electron chi connectivity index (χ1n) is 6.51. The van der Waals surface area contributed by atoms with Crippen LogP contribution in [0, 0.1) is 0 Å². The summed E-state index contributed by atoms with van der Waals surface area (Å²) < 4.78 is 37.3. The van der Waals surface area contributed by atoms with Gasteiger partial charge in [-0.25, -0.2) is 0 Å². The molecule has 0 bridgehead atoms. The molecular formula is C14H17F3N2O. The Kier molecular flexibility index (Phi) is 4.32. The minimum atomic E-state index is -4.29. The molecule has 1 heterocycles. The van der Waals surface area contributed by atoms with E-state index in [1.54, 1.807) is 4.90 Å². The standard InChI is InChI=1S/C14H17F3N2O/c1-10(20)19-7-6-13(9-19)18-8-11-2-4-12(5-3-11)14(15,16)17/h2-5,13,18H,6-9H2,1H3. The van der Waals surface area contributed by atoms with Crippen LogP contribution in [0.2, 0.25) is 0 Å². The number of carbonyl (C=O) groups excluding carboxylic acids is 1. The molecule has 1 saturated heterocycles. The minimum Gasteiger partial charge on any atom is -0.341 e. The first kappa shape index (κ1) is 14.8. The van der Waals surface area contributed by atoms with E-state index in [0.717, 1.165) is 30.7 Å². The highest BCUT2D eigenvalue weighted by Gasteiger charge is 2.30. The Morgan fingerprint density at radius 2 is 2.00 bits per heavy atom. The Morgan fingerprint density at radius 3 is 2.50 bits per heavy atom. The average molecular weight is 286 g/mol. The van der Waals surface area contributed by atoms with E-state index >= 15 is 0 Å². The summed E-state index contributed by atoms with van der Waals surface area (Å²) in [6, 6.07) is 5.35. The Morgan fingerprint density at radius 1 is 1.35 bits per heavy atom. The predicted molar refractivity (Wildman–Crippen MR) is 68.9 cm³/mol. The molecule has 0 saturated carbocycles. The Hall–Kier alpha value is -1.56. The van der Waals surface area contributed by atoms with Crippen molar-refractivity contribution in [2.45, 2.75) is 32.1 Å². The Bertz CT molecular complexity index is 470. The topological polar surface area (TPSA) is 32.3 Å². The summed E-state index contributed by atoms with van der Waals surface area (Å²) in [6.07, 6.45) is -3.42. The van der Waals surface area contributed by atoms with Crippen molar-refractivity contribution in [1.29, 1.82) is 0 Å². The van der Waals surface area contributed by atoms with Gasteiger partial charge in [-0.2, -0.15) is 13.2 Å². The van der Waals surface area contributed by atoms with Crippen molar-refractivity contribution in [3.8, 4) is 0 Å². The third-order valence-corrected chi connectivity index (χ3v) is 3.51. The largest absolute Gasteiger partial charge is 0.416 e. The average Bonchev–Trinajstić information content (AvgIpc) is 2.85. The summed E-state index contributed by atoms with van der Waals surface area (Å²) in [6.45, 7) is 3.45. The lowest BCUT2D eigenvalue weighted by atomic mass is 10.1. The van der Waals surface area contributed by atoms with Crippen molar-refractivity contribution in [3.63, 3.8) is 0 Å². The number of nitrogens with one attached hydrogen (secondary N) is 1. The van der Waals surface area contributed by atoms with Gasteiger partial charge in [0.1, 0.15) is 0 Å². The van der Waals surface area contributed by atoms with Crippen LogP contribution in [0.3, 0.4) is 0 Å². The molecule has 1 atom stereocenters. The molecular weight excluding hydrogens is 269 g/mol. The molecule has 3 nitrogen and oxygen atoms in total. The number of nitrogens with zero attached hydrogens (tertiary/aromatic N) is 1. The number of rotatable bonds is 3. The van der Waals surface area contributed by atoms with E-state index < -0.39 is 11.7 Å². The van der Waals surface area contributed by atoms with Crippen molar-refractivity contribution >= 4 is 5.91 Å². The number of hydrogen-bond acceptors (Lipinski definition) is 2. The molecule has 6 heteroatoms. The van der Waals surface area contributed by atoms with Crippen LogP contribution < -0.4 is 5.32 Å². The van der Waals surface area contributed by atoms with Gasteiger partial charge in [0.25, 0.3) is 0 Å². The highest BCUT2D eigenvalue weighted by Crippen LogP contribution is 2.29. The third-order valence-electron chi connectivity index (χ3n) is 3.51. The lowest BCUT2D eigenvalue weighted by Crippen LogP contribution is -2.33. The number of alkyl halides is 3. The van der Waals surface area contributed by atoms with Crippen molar-refractivity contribution in [1.82, 2.24) is 10.2 Å². The van der Waals surface area contributed by atoms with Crippen molar-refractivity contribution in [2.24, 2.45) is 0 Å². The Balaban J connectivity index is 1.85. The molecule has 1 amide bonds. The van der Waals surface area contributed by atoms with Gasteiger partial charge in [-0.05, 0) is 24.1 Å². The van der Waals surface area contributed by atoms with Crippen LogP contribution in [0.25, 0.3) is 0 Å². The van der Waals surface area contributed by atoms with Gasteiger partial charge in [0, 0.05) is 32.6 Å². The van der Waals surface area contributed by atoms with Crippen LogP contribution in [-0.2, 0) is 17.5 Å². The zero-order valence-corrected chi connectivity index (χ0v) is 11.2. The normalized spacial score (nSPS) is 19.4. The highest BCUT2D eigenvalue weighted by atomic mass is 19.4. The van der Waals surface area contributed by atoms with Crippen molar-refractivity contribution in [2.75, 3.05) is 13.1 Å². The first-order valence-corrected chi connectivity index (χ1v) is 6.51. The molecule has 1 aliphatic heterocycles. The summed E-state index contributed by atoms with van der Waals surface area (Å²) in [7, 11) is 0. The number of hydrogen-bond donors (Lipinski definition) is 1. The summed E-state index contributed by atoms with van der Waals surface area (Å²) in [5.74, 6) is 0.0591. The minimum absolute atomic E-state index is 0.0591. The summed E-state index contributed by atoms with van der Waals surface area (Å²) in [5, 5.41) is 3.27. The van der Waals surface area contributed by atoms with E-state index in [1.165, 1.54) is 19.1 Å². The van der Waals surface area contributed by atoms with Gasteiger partial charge >= 0.3 is 6.18 Å². The molecule has 0 aromatic heterocycles. The second kappa shape index (κ2) is 5.83. The molecule has 1 fully saturated rings. The fraction of sp³-hybridized carbons (Fsp3) is 0.500. The predicted octanol–water partition coefficient (Wildman–Crippen LogP) is 2.42. The summed E-state index contributed by atoms with van der Waals surface area (Å²) >= 11 is 0. The molecule has 1 unspecified atom stereocenters. The maximum Gasteiger partial charge on any atom is 0.416 e. The number of amides is 1. The van der Waals surface area contributed by atoms with Crippen LogP contribution >= 0.6 is 0 Å². The van der Waals surface area contributed by atoms with Gasteiger partial charge in [-0.15, -0.1) is 0 Å². The summed E-state index contributed by atoms with van der Waals surface area (Å²) in [5.41, 5.74) is 0.171. The van der Waals surface area contributed by atoms with E-state index in [0.29, 0.717) is 13.1 Å². The monoisotopic (exact) mass is 286 g/mol. The smallest absolute Gasteiger partial charge is 0.341 e. The van der Waals surface area contributed by atoms with Crippen molar-refractivity contribution in [3.05, 3.63) is 35.4 Å². The molecule has 2 rings (SSSR count). The van der Waals surface area contributed by atoms with Crippen molar-refractivity contribution < 1.29 is 18.0 Å². The molecule has 1 aromatic rings. The number of halogens is 3. The van der Waals surface area contributed by atoms with Gasteiger partial charge in [0.15, 0.2) is 0 Å². The van der Waals surface area contributed by atoms with Crippen LogP contribution in [0.4, 0.5) is 13.2 Å². The second-order valence-electron chi connectivity index (χ2n) is 5.03. The Labute approximate surface area is 115 Å². The van der Waals surface area contributed by atoms with Crippen LogP contribution in [0.1, 0.15) is 24.5 Å². The fourth-order valence-corrected chi connectivity index (χ4v) is 2.29. The second-order valence-corrected chi connectivity index (χ2v) is 5.03. The highest BCUT2D eigenvalue weighted by molar-refractivity contribution is 5.73. The molecule has 110 valence electrons. The van der Waals surface area contributed by atoms with Gasteiger partial charge in [-0.1, -0.05) is 12.1 Å². The molecule has 1 N–H and O–H groups in total. The quantitative estimate of drug-likeness (QED) is 0.925. The molecule has 0 spiro atoms. The van der Waals surface area contributed by atoms with Crippen LogP contribution in [0.5, 0.6) is 0 Å². The van der Waals surface area contributed by atoms with Gasteiger partial charge < -0.3 is 10.2 Å². The van der Waals surface area contributed by atoms with Crippen LogP contribution in [0.15, 0.2) is 24.3 Å². The molecule has 0 radical (unpaired) electrons. The van der Waals surface area contributed by atoms with E-state index in [2.05, 4.69) is 5.32 Å². The zero-order chi connectivity index (χ0) is 14.8. The maximum absolute atomic E-state index is 12.4. The van der Waals surface area contributed by atoms with E-state index in [9.17, 15) is 18.0 Å². The van der Waals surface area contributed by atoms with Gasteiger partial charge in [0.05, 0.1) is 5.56 Å². The lowest BCUT2D eigenvalue weighted by Gasteiger charge is -2.15. The van der Waals surface area contributed by atoms with E-state index in [-0.39, 0.29) is 11.9 Å². The van der Waals surface area contributed by atoms with E-state index in [1.807, 2.05) is 0 Å². The first-order chi connectivity index (χ1) is 9.36. The zero-order valence-electron chi connectivity index (χ0n) is 11.2. The number of benzene rings is 1. The van der Waals surface area contributed by atoms with Gasteiger partial charge in [0.2, 0.25) is 5.91 Å². The fourth-order valence-electron chi connectivity index (χ4n) is 2.29.